The molecule has 1 fully saturated rings. The van der Waals surface area contributed by atoms with Gasteiger partial charge in [-0.25, -0.2) is 9.37 Å². The lowest BCUT2D eigenvalue weighted by atomic mass is 10.1. The van der Waals surface area contributed by atoms with Gasteiger partial charge in [-0.3, -0.25) is 14.7 Å². The van der Waals surface area contributed by atoms with Gasteiger partial charge in [-0.2, -0.15) is 0 Å². The Morgan fingerprint density at radius 2 is 2.00 bits per heavy atom. The van der Waals surface area contributed by atoms with Crippen LogP contribution in [0.5, 0.6) is 0 Å². The molecule has 1 atom stereocenters. The topological polar surface area (TPSA) is 79.4 Å². The highest BCUT2D eigenvalue weighted by Crippen LogP contribution is 2.26. The Morgan fingerprint density at radius 1 is 1.19 bits per heavy atom. The molecule has 4 rings (SSSR count). The number of halogens is 1. The highest BCUT2D eigenvalue weighted by atomic mass is 19.1. The van der Waals surface area contributed by atoms with E-state index in [4.69, 9.17) is 4.74 Å². The summed E-state index contributed by atoms with van der Waals surface area (Å²) in [6.07, 6.45) is 1.51. The van der Waals surface area contributed by atoms with Crippen molar-refractivity contribution < 1.29 is 13.9 Å². The molecular weight excluding hydrogens is 409 g/mol. The molecule has 7 nitrogen and oxygen atoms in total. The first-order valence-electron chi connectivity index (χ1n) is 10.5. The number of aromatic nitrogens is 2. The van der Waals surface area contributed by atoms with E-state index in [0.29, 0.717) is 25.4 Å². The van der Waals surface area contributed by atoms with Crippen LogP contribution in [-0.2, 0) is 9.53 Å². The van der Waals surface area contributed by atoms with Gasteiger partial charge < -0.3 is 15.4 Å². The summed E-state index contributed by atoms with van der Waals surface area (Å²) >= 11 is 0. The van der Waals surface area contributed by atoms with E-state index in [-0.39, 0.29) is 24.4 Å². The summed E-state index contributed by atoms with van der Waals surface area (Å²) in [4.78, 5) is 23.5. The second-order valence-electron chi connectivity index (χ2n) is 7.87. The average molecular weight is 436 g/mol. The number of aryl methyl sites for hydroxylation is 2. The van der Waals surface area contributed by atoms with E-state index in [2.05, 4.69) is 20.6 Å². The smallest absolute Gasteiger partial charge is 0.238 e. The van der Waals surface area contributed by atoms with Crippen LogP contribution in [0.2, 0.25) is 0 Å². The fourth-order valence-corrected chi connectivity index (χ4v) is 3.65. The van der Waals surface area contributed by atoms with Gasteiger partial charge in [-0.1, -0.05) is 6.07 Å². The zero-order chi connectivity index (χ0) is 22.5. The minimum Gasteiger partial charge on any atom is -0.369 e. The highest BCUT2D eigenvalue weighted by Gasteiger charge is 2.25. The third kappa shape index (κ3) is 5.66. The van der Waals surface area contributed by atoms with E-state index in [9.17, 15) is 9.18 Å². The molecule has 1 aliphatic heterocycles. The lowest BCUT2D eigenvalue weighted by Gasteiger charge is -2.32. The lowest BCUT2D eigenvalue weighted by molar-refractivity contribution is -0.119. The summed E-state index contributed by atoms with van der Waals surface area (Å²) in [5, 5.41) is 6.16. The number of nitrogens with zero attached hydrogens (tertiary/aromatic N) is 3. The Labute approximate surface area is 186 Å². The predicted octanol–water partition coefficient (Wildman–Crippen LogP) is 3.99. The maximum absolute atomic E-state index is 13.1. The van der Waals surface area contributed by atoms with Gasteiger partial charge in [0.1, 0.15) is 17.7 Å². The molecule has 0 spiro atoms. The lowest BCUT2D eigenvalue weighted by Crippen LogP contribution is -2.42. The standard InChI is InChI=1S/C24H26FN5O2/c1-16-4-3-9-26-24(16)29-20-12-17(2)27-21(13-20)22-14-30(10-11-32-22)15-23(31)28-19-7-5-18(25)6-8-19/h3-9,12-13,22H,10-11,14-15H2,1-2H3,(H,28,31)(H,26,27,29)/t22-/m1/s1. The van der Waals surface area contributed by atoms with Crippen molar-refractivity contribution in [3.63, 3.8) is 0 Å². The zero-order valence-electron chi connectivity index (χ0n) is 18.1. The first kappa shape index (κ1) is 21.9. The first-order valence-corrected chi connectivity index (χ1v) is 10.5. The van der Waals surface area contributed by atoms with Crippen molar-refractivity contribution in [3.8, 4) is 0 Å². The molecule has 3 aromatic rings. The second-order valence-corrected chi connectivity index (χ2v) is 7.87. The molecule has 2 aromatic heterocycles. The normalized spacial score (nSPS) is 16.5. The van der Waals surface area contributed by atoms with Crippen LogP contribution in [0, 0.1) is 19.7 Å². The van der Waals surface area contributed by atoms with Crippen molar-refractivity contribution in [1.29, 1.82) is 0 Å². The predicted molar refractivity (Wildman–Crippen MR) is 121 cm³/mol. The summed E-state index contributed by atoms with van der Waals surface area (Å²) in [6, 6.07) is 13.6. The second kappa shape index (κ2) is 9.84. The molecule has 8 heteroatoms. The molecule has 0 aliphatic carbocycles. The first-order chi connectivity index (χ1) is 15.5. The Balaban J connectivity index is 1.41. The van der Waals surface area contributed by atoms with Gasteiger partial charge in [-0.15, -0.1) is 0 Å². The Bertz CT molecular complexity index is 1090. The minimum atomic E-state index is -0.336. The fourth-order valence-electron chi connectivity index (χ4n) is 3.65. The van der Waals surface area contributed by atoms with Crippen molar-refractivity contribution in [2.45, 2.75) is 20.0 Å². The van der Waals surface area contributed by atoms with E-state index < -0.39 is 0 Å². The molecule has 166 valence electrons. The number of hydrogen-bond acceptors (Lipinski definition) is 6. The summed E-state index contributed by atoms with van der Waals surface area (Å²) in [5.74, 6) is 0.312. The van der Waals surface area contributed by atoms with Gasteiger partial charge >= 0.3 is 0 Å². The number of benzene rings is 1. The quantitative estimate of drug-likeness (QED) is 0.610. The van der Waals surface area contributed by atoms with Crippen LogP contribution in [0.3, 0.4) is 0 Å². The van der Waals surface area contributed by atoms with Crippen molar-refractivity contribution in [2.24, 2.45) is 0 Å². The molecule has 3 heterocycles. The number of nitrogens with one attached hydrogen (secondary N) is 2. The summed E-state index contributed by atoms with van der Waals surface area (Å²) in [7, 11) is 0. The number of pyridine rings is 2. The SMILES string of the molecule is Cc1cc(Nc2ncccc2C)cc([C@H]2CN(CC(=O)Nc3ccc(F)cc3)CCO2)n1. The molecule has 1 saturated heterocycles. The van der Waals surface area contributed by atoms with Crippen LogP contribution in [0.4, 0.5) is 21.6 Å². The Kier molecular flexibility index (Phi) is 6.72. The molecule has 1 amide bonds. The number of carbonyl (C=O) groups excluding carboxylic acids is 1. The molecule has 1 aromatic carbocycles. The fraction of sp³-hybridized carbons (Fsp3) is 0.292. The number of ether oxygens (including phenoxy) is 1. The minimum absolute atomic E-state index is 0.151. The van der Waals surface area contributed by atoms with Gasteiger partial charge in [0, 0.05) is 36.4 Å². The van der Waals surface area contributed by atoms with Gasteiger partial charge in [0.05, 0.1) is 18.8 Å². The van der Waals surface area contributed by atoms with E-state index >= 15 is 0 Å². The number of morpholine rings is 1. The maximum atomic E-state index is 13.1. The zero-order valence-corrected chi connectivity index (χ0v) is 18.1. The van der Waals surface area contributed by atoms with E-state index in [1.54, 1.807) is 18.3 Å². The van der Waals surface area contributed by atoms with Crippen molar-refractivity contribution in [3.05, 3.63) is 77.5 Å². The van der Waals surface area contributed by atoms with Gasteiger partial charge in [0.25, 0.3) is 0 Å². The third-order valence-corrected chi connectivity index (χ3v) is 5.22. The van der Waals surface area contributed by atoms with E-state index in [1.807, 2.05) is 43.0 Å². The largest absolute Gasteiger partial charge is 0.369 e. The highest BCUT2D eigenvalue weighted by molar-refractivity contribution is 5.92. The molecule has 0 bridgehead atoms. The van der Waals surface area contributed by atoms with Crippen LogP contribution >= 0.6 is 0 Å². The Hall–Kier alpha value is -3.36. The number of carbonyl (C=O) groups is 1. The molecule has 0 radical (unpaired) electrons. The maximum Gasteiger partial charge on any atom is 0.238 e. The summed E-state index contributed by atoms with van der Waals surface area (Å²) in [6.45, 7) is 5.88. The van der Waals surface area contributed by atoms with Gasteiger partial charge in [0.15, 0.2) is 0 Å². The molecule has 0 unspecified atom stereocenters. The number of amides is 1. The average Bonchev–Trinajstić information content (AvgIpc) is 2.77. The molecule has 1 aliphatic rings. The monoisotopic (exact) mass is 435 g/mol. The number of anilines is 3. The molecule has 32 heavy (non-hydrogen) atoms. The molecule has 0 saturated carbocycles. The van der Waals surface area contributed by atoms with Crippen molar-refractivity contribution in [1.82, 2.24) is 14.9 Å². The van der Waals surface area contributed by atoms with Crippen LogP contribution in [0.25, 0.3) is 0 Å². The van der Waals surface area contributed by atoms with Gasteiger partial charge in [-0.05, 0) is 61.9 Å². The van der Waals surface area contributed by atoms with Crippen LogP contribution < -0.4 is 10.6 Å². The van der Waals surface area contributed by atoms with Gasteiger partial charge in [0.2, 0.25) is 5.91 Å². The Morgan fingerprint density at radius 3 is 2.78 bits per heavy atom. The summed E-state index contributed by atoms with van der Waals surface area (Å²) < 4.78 is 19.0. The van der Waals surface area contributed by atoms with Crippen molar-refractivity contribution >= 4 is 23.1 Å². The number of hydrogen-bond donors (Lipinski definition) is 2. The summed E-state index contributed by atoms with van der Waals surface area (Å²) in [5.41, 5.74) is 4.19. The molecular formula is C24H26FN5O2. The van der Waals surface area contributed by atoms with Crippen LogP contribution in [-0.4, -0.2) is 47.0 Å². The van der Waals surface area contributed by atoms with E-state index in [0.717, 1.165) is 28.5 Å². The number of rotatable bonds is 6. The van der Waals surface area contributed by atoms with Crippen LogP contribution in [0.15, 0.2) is 54.7 Å². The van der Waals surface area contributed by atoms with E-state index in [1.165, 1.54) is 12.1 Å². The van der Waals surface area contributed by atoms with Crippen LogP contribution in [0.1, 0.15) is 23.1 Å². The molecule has 2 N–H and O–H groups in total. The van der Waals surface area contributed by atoms with Crippen molar-refractivity contribution in [2.75, 3.05) is 36.9 Å². The third-order valence-electron chi connectivity index (χ3n) is 5.22.